The van der Waals surface area contributed by atoms with Crippen LogP contribution in [0.1, 0.15) is 88.5 Å². The number of aliphatic hydroxyl groups is 4. The fourth-order valence-electron chi connectivity index (χ4n) is 7.80. The fraction of sp³-hybridized carbons (Fsp3) is 0.946. The van der Waals surface area contributed by atoms with Gasteiger partial charge >= 0.3 is 5.97 Å². The van der Waals surface area contributed by atoms with Gasteiger partial charge in [-0.3, -0.25) is 9.59 Å². The minimum absolute atomic E-state index is 0.0565. The van der Waals surface area contributed by atoms with E-state index in [0.29, 0.717) is 6.42 Å². The van der Waals surface area contributed by atoms with Crippen LogP contribution in [0.2, 0.25) is 0 Å². The molecule has 14 nitrogen and oxygen atoms in total. The molecule has 0 aromatic carbocycles. The monoisotopic (exact) mass is 769 g/mol. The molecule has 2 rings (SSSR count). The number of ether oxygens (including phenoxy) is 7. The van der Waals surface area contributed by atoms with Crippen LogP contribution in [0.4, 0.5) is 0 Å². The first kappa shape index (κ1) is 47.1. The van der Waals surface area contributed by atoms with Gasteiger partial charge in [0.2, 0.25) is 5.06 Å². The highest BCUT2D eigenvalue weighted by Crippen LogP contribution is 2.41. The van der Waals surface area contributed by atoms with Crippen molar-refractivity contribution in [3.8, 4) is 0 Å². The highest BCUT2D eigenvalue weighted by atomic mass is 35.5. The number of ketones is 1. The van der Waals surface area contributed by atoms with Crippen LogP contribution in [-0.2, 0) is 42.7 Å². The number of likely N-dealkylation sites (N-methyl/N-ethyl adjacent to an activating group) is 1. The Kier molecular flexibility index (Phi) is 17.4. The molecule has 2 aliphatic rings. The molecule has 0 bridgehead atoms. The molecule has 0 saturated carbocycles. The third-order valence-corrected chi connectivity index (χ3v) is 12.0. The van der Waals surface area contributed by atoms with Crippen LogP contribution in [-0.4, -0.2) is 150 Å². The number of carbonyl (C=O) groups excluding carboxylic acids is 2. The second-order valence-electron chi connectivity index (χ2n) is 15.6. The van der Waals surface area contributed by atoms with E-state index < -0.39 is 107 Å². The van der Waals surface area contributed by atoms with Crippen molar-refractivity contribution in [2.75, 3.05) is 34.9 Å². The van der Waals surface area contributed by atoms with Gasteiger partial charge in [0.1, 0.15) is 30.2 Å². The van der Waals surface area contributed by atoms with Gasteiger partial charge in [-0.1, -0.05) is 39.3 Å². The third kappa shape index (κ3) is 10.4. The van der Waals surface area contributed by atoms with Crippen LogP contribution in [0.5, 0.6) is 0 Å². The summed E-state index contributed by atoms with van der Waals surface area (Å²) in [6.07, 6.45) is -9.53. The number of aliphatic hydroxyl groups excluding tert-OH is 3. The number of halogens is 1. The van der Waals surface area contributed by atoms with Gasteiger partial charge < -0.3 is 58.5 Å². The molecule has 2 fully saturated rings. The topological polar surface area (TPSA) is 183 Å². The lowest BCUT2D eigenvalue weighted by atomic mass is 9.75. The van der Waals surface area contributed by atoms with Crippen molar-refractivity contribution in [2.45, 2.75) is 166 Å². The zero-order valence-electron chi connectivity index (χ0n) is 33.7. The lowest BCUT2D eigenvalue weighted by Crippen LogP contribution is -2.60. The van der Waals surface area contributed by atoms with Crippen molar-refractivity contribution in [3.05, 3.63) is 0 Å². The molecule has 2 saturated heterocycles. The van der Waals surface area contributed by atoms with Gasteiger partial charge in [0.25, 0.3) is 0 Å². The summed E-state index contributed by atoms with van der Waals surface area (Å²) in [5.74, 6) is -5.00. The maximum atomic E-state index is 14.0. The lowest BCUT2D eigenvalue weighted by Gasteiger charge is -2.48. The van der Waals surface area contributed by atoms with Crippen LogP contribution < -0.4 is 0 Å². The largest absolute Gasteiger partial charge is 0.458 e. The predicted octanol–water partition coefficient (Wildman–Crippen LogP) is 2.86. The van der Waals surface area contributed by atoms with Crippen LogP contribution in [0.25, 0.3) is 0 Å². The molecule has 0 amide bonds. The van der Waals surface area contributed by atoms with E-state index in [4.69, 9.17) is 44.8 Å². The molecule has 2 aliphatic heterocycles. The number of Topliss-reactive ketones (excluding diaryl/α,β-unsaturated/α-hetero) is 1. The van der Waals surface area contributed by atoms with Crippen molar-refractivity contribution in [2.24, 2.45) is 23.7 Å². The fourth-order valence-corrected chi connectivity index (χ4v) is 8.04. The minimum Gasteiger partial charge on any atom is -0.458 e. The van der Waals surface area contributed by atoms with Crippen molar-refractivity contribution in [3.63, 3.8) is 0 Å². The van der Waals surface area contributed by atoms with Gasteiger partial charge in [-0.25, -0.2) is 0 Å². The summed E-state index contributed by atoms with van der Waals surface area (Å²) in [6.45, 7) is 17.0. The Morgan fingerprint density at radius 3 is 2.02 bits per heavy atom. The second kappa shape index (κ2) is 19.2. The average Bonchev–Trinajstić information content (AvgIpc) is 3.08. The molecule has 52 heavy (non-hydrogen) atoms. The van der Waals surface area contributed by atoms with E-state index in [0.717, 1.165) is 0 Å². The molecule has 0 radical (unpaired) electrons. The Morgan fingerprint density at radius 2 is 1.52 bits per heavy atom. The van der Waals surface area contributed by atoms with E-state index in [9.17, 15) is 30.0 Å². The van der Waals surface area contributed by atoms with E-state index in [2.05, 4.69) is 0 Å². The van der Waals surface area contributed by atoms with Crippen molar-refractivity contribution in [1.82, 2.24) is 4.90 Å². The van der Waals surface area contributed by atoms with Gasteiger partial charge in [0.15, 0.2) is 12.6 Å². The average molecular weight is 770 g/mol. The van der Waals surface area contributed by atoms with Crippen molar-refractivity contribution < 1.29 is 63.2 Å². The summed E-state index contributed by atoms with van der Waals surface area (Å²) in [4.78, 5) is 29.7. The third-order valence-electron chi connectivity index (χ3n) is 11.5. The quantitative estimate of drug-likeness (QED) is 0.129. The molecule has 0 aromatic heterocycles. The Hall–Kier alpha value is -1.01. The van der Waals surface area contributed by atoms with Crippen LogP contribution in [0.15, 0.2) is 0 Å². The molecular weight excluding hydrogens is 702 g/mol. The number of rotatable bonds is 12. The van der Waals surface area contributed by atoms with Gasteiger partial charge in [0, 0.05) is 51.0 Å². The van der Waals surface area contributed by atoms with E-state index in [1.807, 2.05) is 25.9 Å². The number of alkyl halides is 1. The summed E-state index contributed by atoms with van der Waals surface area (Å²) >= 11 is 6.45. The van der Waals surface area contributed by atoms with Gasteiger partial charge in [0.05, 0.1) is 35.4 Å². The standard InChI is InChI=1S/C37H68ClNO13/c1-15-25(39(11)12)28(41)34(48-16-2)52-32-21(5)29(51-26-18-35(9,46-13)31(43)23(7)49-26)22(6)33(44)50-24(8)37(38,45)30(42)20(4)27(40)19(3)17-36(32,10)47-14/h19-26,28-32,34,41-43,45H,15-18H2,1-14H3/t19-,20+,21+,22-,23-,24-,25?,26-,28?,29+,30-,31?,32-,34+,35?,36-,37-/m1/s1. The van der Waals surface area contributed by atoms with Crippen molar-refractivity contribution >= 4 is 23.4 Å². The van der Waals surface area contributed by atoms with E-state index in [1.165, 1.54) is 28.1 Å². The number of nitrogens with zero attached hydrogens (tertiary/aromatic N) is 1. The molecule has 4 N–H and O–H groups in total. The van der Waals surface area contributed by atoms with E-state index in [1.54, 1.807) is 48.5 Å². The summed E-state index contributed by atoms with van der Waals surface area (Å²) in [7, 11) is 6.66. The molecule has 0 aromatic rings. The number of cyclic esters (lactones) is 1. The highest BCUT2D eigenvalue weighted by Gasteiger charge is 2.53. The molecule has 17 atom stereocenters. The second-order valence-corrected chi connectivity index (χ2v) is 16.2. The molecule has 15 heteroatoms. The molecule has 306 valence electrons. The van der Waals surface area contributed by atoms with Gasteiger partial charge in [-0.2, -0.15) is 0 Å². The number of esters is 1. The maximum absolute atomic E-state index is 14.0. The molecule has 4 unspecified atom stereocenters. The first-order valence-corrected chi connectivity index (χ1v) is 18.9. The summed E-state index contributed by atoms with van der Waals surface area (Å²) in [5, 5.41) is 42.5. The Labute approximate surface area is 315 Å². The summed E-state index contributed by atoms with van der Waals surface area (Å²) < 4.78 is 43.3. The maximum Gasteiger partial charge on any atom is 0.311 e. The molecular formula is C37H68ClNO13. The van der Waals surface area contributed by atoms with Crippen molar-refractivity contribution in [1.29, 1.82) is 0 Å². The smallest absolute Gasteiger partial charge is 0.311 e. The number of hydrogen-bond acceptors (Lipinski definition) is 14. The Morgan fingerprint density at radius 1 is 0.942 bits per heavy atom. The first-order chi connectivity index (χ1) is 24.0. The van der Waals surface area contributed by atoms with Crippen LogP contribution in [0.3, 0.4) is 0 Å². The zero-order valence-corrected chi connectivity index (χ0v) is 34.5. The number of methoxy groups -OCH3 is 2. The summed E-state index contributed by atoms with van der Waals surface area (Å²) in [6, 6.07) is -0.353. The van der Waals surface area contributed by atoms with E-state index in [-0.39, 0.29) is 25.5 Å². The normalized spacial score (nSPS) is 43.4. The SMILES string of the molecule is CCO[C@@H](O[C@@H]1[C@@H](C)[C@H](O[C@@H]2CC(C)(OC)C(O)[C@@H](C)O2)[C@@H](C)C(=O)O[C@H](C)[C@](O)(Cl)[C@H](O)[C@@H](C)C(=O)[C@H](C)C[C@@]1(C)OC)C(O)C(CC)N(C)C. The molecule has 2 heterocycles. The van der Waals surface area contributed by atoms with E-state index >= 15 is 0 Å². The summed E-state index contributed by atoms with van der Waals surface area (Å²) in [5.41, 5.74) is -2.35. The number of carbonyl (C=O) groups is 2. The lowest BCUT2D eigenvalue weighted by molar-refractivity contribution is -0.310. The van der Waals surface area contributed by atoms with Gasteiger partial charge in [-0.05, 0) is 68.5 Å². The molecule has 0 spiro atoms. The first-order valence-electron chi connectivity index (χ1n) is 18.5. The Bertz CT molecular complexity index is 1150. The van der Waals surface area contributed by atoms with Crippen LogP contribution in [0, 0.1) is 23.7 Å². The zero-order chi connectivity index (χ0) is 40.1. The van der Waals surface area contributed by atoms with Crippen LogP contribution >= 0.6 is 11.6 Å². The van der Waals surface area contributed by atoms with Gasteiger partial charge in [-0.15, -0.1) is 0 Å². The predicted molar refractivity (Wildman–Crippen MR) is 193 cm³/mol. The minimum atomic E-state index is -2.51. The highest BCUT2D eigenvalue weighted by molar-refractivity contribution is 6.23. The number of hydrogen-bond donors (Lipinski definition) is 4. The Balaban J connectivity index is 2.85. The molecule has 0 aliphatic carbocycles.